The number of imidazole rings is 1. The van der Waals surface area contributed by atoms with Crippen molar-refractivity contribution in [2.24, 2.45) is 0 Å². The highest BCUT2D eigenvalue weighted by atomic mass is 19.1. The largest absolute Gasteiger partial charge is 0.462 e. The van der Waals surface area contributed by atoms with E-state index in [1.807, 2.05) is 0 Å². The average molecular weight is 480 g/mol. The summed E-state index contributed by atoms with van der Waals surface area (Å²) in [4.78, 5) is 36.2. The maximum atomic E-state index is 13.8. The molecule has 2 aromatic rings. The van der Waals surface area contributed by atoms with Crippen LogP contribution in [0.5, 0.6) is 0 Å². The normalized spacial score (nSPS) is 22.2. The van der Waals surface area contributed by atoms with Crippen LogP contribution in [0.4, 0.5) is 10.2 Å². The Labute approximate surface area is 198 Å². The Kier molecular flexibility index (Phi) is 8.76. The molecule has 0 spiro atoms. The van der Waals surface area contributed by atoms with Gasteiger partial charge in [-0.3, -0.25) is 14.2 Å². The molecule has 0 aliphatic carbocycles. The number of aromatic nitrogens is 4. The van der Waals surface area contributed by atoms with E-state index in [2.05, 4.69) is 28.8 Å². The van der Waals surface area contributed by atoms with Gasteiger partial charge in [0.1, 0.15) is 24.5 Å². The fourth-order valence-electron chi connectivity index (χ4n) is 4.01. The SMILES string of the molecule is CCCCCC(=O)OC[C@@]1(C)O[C@@H](n2cnc3c(N)nc(F)nc32)C[C@@H]1OC(=O)CCCCC. The van der Waals surface area contributed by atoms with Gasteiger partial charge in [-0.1, -0.05) is 39.5 Å². The molecule has 0 amide bonds. The summed E-state index contributed by atoms with van der Waals surface area (Å²) in [5.41, 5.74) is 5.09. The van der Waals surface area contributed by atoms with Crippen molar-refractivity contribution in [2.75, 3.05) is 12.3 Å². The molecule has 0 unspecified atom stereocenters. The van der Waals surface area contributed by atoms with Crippen LogP contribution in [0.3, 0.4) is 0 Å². The number of carbonyl (C=O) groups excluding carboxylic acids is 2. The second-order valence-corrected chi connectivity index (χ2v) is 8.88. The van der Waals surface area contributed by atoms with Gasteiger partial charge < -0.3 is 19.9 Å². The number of nitrogens with zero attached hydrogens (tertiary/aromatic N) is 4. The van der Waals surface area contributed by atoms with Gasteiger partial charge in [-0.05, 0) is 19.8 Å². The standard InChI is InChI=1S/C23H34FN5O5/c1-4-6-8-10-17(30)32-13-23(3)15(33-18(31)11-9-7-5-2)12-16(34-23)29-14-26-19-20(25)27-22(24)28-21(19)29/h14-16H,4-13H2,1-3H3,(H2,25,27,28)/t15-,16+,23+/m0/s1. The molecule has 3 atom stereocenters. The van der Waals surface area contributed by atoms with E-state index in [4.69, 9.17) is 19.9 Å². The minimum atomic E-state index is -1.10. The van der Waals surface area contributed by atoms with Crippen LogP contribution in [0.1, 0.15) is 84.8 Å². The van der Waals surface area contributed by atoms with Crippen LogP contribution in [-0.2, 0) is 23.8 Å². The molecule has 188 valence electrons. The number of carbonyl (C=O) groups is 2. The van der Waals surface area contributed by atoms with E-state index in [1.54, 1.807) is 6.92 Å². The summed E-state index contributed by atoms with van der Waals surface area (Å²) >= 11 is 0. The van der Waals surface area contributed by atoms with Crippen LogP contribution < -0.4 is 5.73 Å². The van der Waals surface area contributed by atoms with Gasteiger partial charge in [-0.2, -0.15) is 14.4 Å². The monoisotopic (exact) mass is 479 g/mol. The van der Waals surface area contributed by atoms with Crippen molar-refractivity contribution in [3.8, 4) is 0 Å². The Morgan fingerprint density at radius 3 is 2.53 bits per heavy atom. The smallest absolute Gasteiger partial charge is 0.312 e. The molecule has 3 heterocycles. The first-order chi connectivity index (χ1) is 16.3. The van der Waals surface area contributed by atoms with Crippen LogP contribution in [0.25, 0.3) is 11.2 Å². The molecular formula is C23H34FN5O5. The first-order valence-electron chi connectivity index (χ1n) is 12.0. The molecule has 0 aromatic carbocycles. The zero-order chi connectivity index (χ0) is 24.7. The van der Waals surface area contributed by atoms with E-state index in [0.717, 1.165) is 38.5 Å². The summed E-state index contributed by atoms with van der Waals surface area (Å²) in [5.74, 6) is -0.747. The number of nitrogen functional groups attached to an aromatic ring is 1. The van der Waals surface area contributed by atoms with E-state index < -0.39 is 24.0 Å². The summed E-state index contributed by atoms with van der Waals surface area (Å²) in [7, 11) is 0. The Morgan fingerprint density at radius 2 is 1.85 bits per heavy atom. The number of ether oxygens (including phenoxy) is 3. The van der Waals surface area contributed by atoms with E-state index in [1.165, 1.54) is 10.9 Å². The number of halogens is 1. The molecule has 2 aromatic heterocycles. The molecule has 1 fully saturated rings. The molecule has 3 rings (SSSR count). The van der Waals surface area contributed by atoms with E-state index in [0.29, 0.717) is 12.8 Å². The van der Waals surface area contributed by atoms with Crippen LogP contribution in [-0.4, -0.2) is 49.8 Å². The molecule has 1 aliphatic heterocycles. The van der Waals surface area contributed by atoms with E-state index in [9.17, 15) is 14.0 Å². The van der Waals surface area contributed by atoms with Crippen LogP contribution >= 0.6 is 0 Å². The summed E-state index contributed by atoms with van der Waals surface area (Å²) in [6.07, 6.45) is 5.29. The highest BCUT2D eigenvalue weighted by molar-refractivity contribution is 5.81. The molecule has 10 nitrogen and oxygen atoms in total. The minimum absolute atomic E-state index is 0.0816. The predicted octanol–water partition coefficient (Wildman–Crippen LogP) is 3.84. The first-order valence-corrected chi connectivity index (χ1v) is 12.0. The highest BCUT2D eigenvalue weighted by Crippen LogP contribution is 2.40. The average Bonchev–Trinajstić information content (AvgIpc) is 3.34. The van der Waals surface area contributed by atoms with Gasteiger partial charge in [-0.15, -0.1) is 0 Å². The predicted molar refractivity (Wildman–Crippen MR) is 122 cm³/mol. The van der Waals surface area contributed by atoms with Crippen molar-refractivity contribution < 1.29 is 28.2 Å². The highest BCUT2D eigenvalue weighted by Gasteiger charge is 2.49. The molecule has 1 aliphatic rings. The number of nitrogens with two attached hydrogens (primary N) is 1. The number of unbranched alkanes of at least 4 members (excludes halogenated alkanes) is 4. The van der Waals surface area contributed by atoms with Gasteiger partial charge >= 0.3 is 18.0 Å². The molecule has 2 N–H and O–H groups in total. The molecule has 0 saturated carbocycles. The number of anilines is 1. The number of esters is 2. The van der Waals surface area contributed by atoms with Gasteiger partial charge in [0, 0.05) is 19.3 Å². The molecule has 0 bridgehead atoms. The molecule has 0 radical (unpaired) electrons. The fraction of sp³-hybridized carbons (Fsp3) is 0.696. The number of rotatable bonds is 12. The Morgan fingerprint density at radius 1 is 1.18 bits per heavy atom. The second kappa shape index (κ2) is 11.5. The van der Waals surface area contributed by atoms with Crippen molar-refractivity contribution in [1.29, 1.82) is 0 Å². The third kappa shape index (κ3) is 6.19. The Balaban J connectivity index is 1.77. The maximum absolute atomic E-state index is 13.8. The Bertz CT molecular complexity index is 1000. The van der Waals surface area contributed by atoms with Crippen molar-refractivity contribution in [3.05, 3.63) is 12.4 Å². The lowest BCUT2D eigenvalue weighted by Crippen LogP contribution is -2.44. The van der Waals surface area contributed by atoms with Crippen LogP contribution in [0.2, 0.25) is 0 Å². The fourth-order valence-corrected chi connectivity index (χ4v) is 4.01. The summed E-state index contributed by atoms with van der Waals surface area (Å²) in [6, 6.07) is 0. The second-order valence-electron chi connectivity index (χ2n) is 8.88. The first kappa shape index (κ1) is 25.8. The maximum Gasteiger partial charge on any atom is 0.312 e. The third-order valence-electron chi connectivity index (χ3n) is 6.00. The topological polar surface area (TPSA) is 131 Å². The molecule has 34 heavy (non-hydrogen) atoms. The van der Waals surface area contributed by atoms with Gasteiger partial charge in [0.15, 0.2) is 17.0 Å². The van der Waals surface area contributed by atoms with Gasteiger partial charge in [0.2, 0.25) is 0 Å². The summed E-state index contributed by atoms with van der Waals surface area (Å²) < 4.78 is 32.9. The number of fused-ring (bicyclic) bond motifs is 1. The lowest BCUT2D eigenvalue weighted by atomic mass is 10.00. The van der Waals surface area contributed by atoms with Gasteiger partial charge in [0.05, 0.1) is 6.33 Å². The molecule has 11 heteroatoms. The molecular weight excluding hydrogens is 445 g/mol. The number of hydrogen-bond acceptors (Lipinski definition) is 9. The van der Waals surface area contributed by atoms with E-state index in [-0.39, 0.29) is 41.9 Å². The van der Waals surface area contributed by atoms with Crippen molar-refractivity contribution in [1.82, 2.24) is 19.5 Å². The zero-order valence-corrected chi connectivity index (χ0v) is 20.1. The van der Waals surface area contributed by atoms with Crippen molar-refractivity contribution >= 4 is 28.9 Å². The quantitative estimate of drug-likeness (QED) is 0.274. The van der Waals surface area contributed by atoms with Crippen molar-refractivity contribution in [3.63, 3.8) is 0 Å². The zero-order valence-electron chi connectivity index (χ0n) is 20.1. The van der Waals surface area contributed by atoms with Crippen LogP contribution in [0.15, 0.2) is 6.33 Å². The van der Waals surface area contributed by atoms with E-state index >= 15 is 0 Å². The van der Waals surface area contributed by atoms with Gasteiger partial charge in [-0.25, -0.2) is 4.98 Å². The lowest BCUT2D eigenvalue weighted by Gasteiger charge is -2.29. The third-order valence-corrected chi connectivity index (χ3v) is 6.00. The van der Waals surface area contributed by atoms with Crippen LogP contribution in [0, 0.1) is 6.08 Å². The minimum Gasteiger partial charge on any atom is -0.462 e. The number of hydrogen-bond donors (Lipinski definition) is 1. The summed E-state index contributed by atoms with van der Waals surface area (Å²) in [5, 5.41) is 0. The summed E-state index contributed by atoms with van der Waals surface area (Å²) in [6.45, 7) is 5.77. The Hall–Kier alpha value is -2.82. The van der Waals surface area contributed by atoms with Gasteiger partial charge in [0.25, 0.3) is 0 Å². The molecule has 1 saturated heterocycles. The van der Waals surface area contributed by atoms with Crippen molar-refractivity contribution in [2.45, 2.75) is 96.5 Å². The lowest BCUT2D eigenvalue weighted by molar-refractivity contribution is -0.174.